The van der Waals surface area contributed by atoms with Crippen LogP contribution in [0.15, 0.2) is 0 Å². The van der Waals surface area contributed by atoms with Crippen molar-refractivity contribution in [2.24, 2.45) is 16.7 Å². The van der Waals surface area contributed by atoms with Crippen molar-refractivity contribution in [3.8, 4) is 0 Å². The van der Waals surface area contributed by atoms with Gasteiger partial charge >= 0.3 is 0 Å². The van der Waals surface area contributed by atoms with E-state index in [1.54, 1.807) is 7.11 Å². The van der Waals surface area contributed by atoms with E-state index in [9.17, 15) is 0 Å². The molecule has 0 heterocycles. The molecule has 3 nitrogen and oxygen atoms in total. The first-order chi connectivity index (χ1) is 8.50. The summed E-state index contributed by atoms with van der Waals surface area (Å²) in [6.45, 7) is 10.5. The summed E-state index contributed by atoms with van der Waals surface area (Å²) < 4.78 is 10.5. The molecule has 0 saturated heterocycles. The average molecular weight is 255 g/mol. The van der Waals surface area contributed by atoms with E-state index < -0.39 is 0 Å². The second kappa shape index (κ2) is 5.48. The molecule has 3 heteroatoms. The highest BCUT2D eigenvalue weighted by atomic mass is 16.5. The van der Waals surface area contributed by atoms with Gasteiger partial charge in [-0.25, -0.2) is 0 Å². The molecule has 2 bridgehead atoms. The molecule has 1 N–H and O–H groups in total. The molecule has 0 aromatic heterocycles. The highest BCUT2D eigenvalue weighted by Gasteiger charge is 2.58. The Hall–Kier alpha value is -0.120. The van der Waals surface area contributed by atoms with E-state index >= 15 is 0 Å². The van der Waals surface area contributed by atoms with Crippen LogP contribution in [0.25, 0.3) is 0 Å². The number of hydrogen-bond donors (Lipinski definition) is 1. The molecule has 2 fully saturated rings. The van der Waals surface area contributed by atoms with Gasteiger partial charge in [-0.1, -0.05) is 20.8 Å². The smallest absolute Gasteiger partial charge is 0.0700 e. The van der Waals surface area contributed by atoms with Gasteiger partial charge in [-0.05, 0) is 36.0 Å². The molecule has 2 aliphatic rings. The first-order valence-corrected chi connectivity index (χ1v) is 7.31. The number of methoxy groups -OCH3 is 1. The number of nitrogens with one attached hydrogen (secondary N) is 1. The molecule has 2 aliphatic carbocycles. The molecular weight excluding hydrogens is 226 g/mol. The summed E-state index contributed by atoms with van der Waals surface area (Å²) in [6.07, 6.45) is 4.22. The van der Waals surface area contributed by atoms with Crippen LogP contribution in [0.1, 0.15) is 40.0 Å². The van der Waals surface area contributed by atoms with Crippen molar-refractivity contribution in [1.29, 1.82) is 0 Å². The molecule has 0 amide bonds. The van der Waals surface area contributed by atoms with Gasteiger partial charge in [0.05, 0.1) is 19.8 Å². The van der Waals surface area contributed by atoms with Crippen LogP contribution in [0.2, 0.25) is 0 Å². The maximum Gasteiger partial charge on any atom is 0.0700 e. The monoisotopic (exact) mass is 255 g/mol. The second-order valence-electron chi connectivity index (χ2n) is 6.91. The Bertz CT molecular complexity index is 275. The minimum absolute atomic E-state index is 0.444. The van der Waals surface area contributed by atoms with Crippen molar-refractivity contribution in [2.75, 3.05) is 33.5 Å². The van der Waals surface area contributed by atoms with Crippen LogP contribution in [-0.4, -0.2) is 39.5 Å². The Balaban J connectivity index is 1.75. The summed E-state index contributed by atoms with van der Waals surface area (Å²) in [5.74, 6) is 0.911. The lowest BCUT2D eigenvalue weighted by Crippen LogP contribution is -2.51. The van der Waals surface area contributed by atoms with Crippen LogP contribution in [-0.2, 0) is 9.47 Å². The molecule has 0 aromatic carbocycles. The highest BCUT2D eigenvalue weighted by molar-refractivity contribution is 5.11. The lowest BCUT2D eigenvalue weighted by Gasteiger charge is -2.43. The maximum absolute atomic E-state index is 5.53. The van der Waals surface area contributed by atoms with Gasteiger partial charge in [-0.3, -0.25) is 0 Å². The first-order valence-electron chi connectivity index (χ1n) is 7.31. The summed E-state index contributed by atoms with van der Waals surface area (Å²) in [5.41, 5.74) is 0.959. The zero-order valence-electron chi connectivity index (χ0n) is 12.4. The Labute approximate surface area is 112 Å². The van der Waals surface area contributed by atoms with Crippen molar-refractivity contribution in [3.05, 3.63) is 0 Å². The maximum atomic E-state index is 5.53. The molecule has 0 aromatic rings. The number of fused-ring (bicyclic) bond motifs is 2. The summed E-state index contributed by atoms with van der Waals surface area (Å²) >= 11 is 0. The summed E-state index contributed by atoms with van der Waals surface area (Å²) in [4.78, 5) is 0. The highest BCUT2D eigenvalue weighted by Crippen LogP contribution is 2.62. The van der Waals surface area contributed by atoms with Crippen LogP contribution >= 0.6 is 0 Å². The van der Waals surface area contributed by atoms with E-state index in [1.165, 1.54) is 19.3 Å². The fourth-order valence-electron chi connectivity index (χ4n) is 4.33. The average Bonchev–Trinajstić information content (AvgIpc) is 2.78. The van der Waals surface area contributed by atoms with E-state index in [2.05, 4.69) is 26.1 Å². The fraction of sp³-hybridized carbons (Fsp3) is 1.00. The molecule has 106 valence electrons. The minimum Gasteiger partial charge on any atom is -0.382 e. The van der Waals surface area contributed by atoms with Gasteiger partial charge in [0.25, 0.3) is 0 Å². The second-order valence-corrected chi connectivity index (χ2v) is 6.91. The van der Waals surface area contributed by atoms with Crippen molar-refractivity contribution < 1.29 is 9.47 Å². The normalized spacial score (nSPS) is 37.3. The predicted octanol–water partition coefficient (Wildman–Crippen LogP) is 2.45. The molecular formula is C15H29NO2. The van der Waals surface area contributed by atoms with E-state index in [0.29, 0.717) is 30.1 Å². The molecule has 2 saturated carbocycles. The van der Waals surface area contributed by atoms with E-state index in [-0.39, 0.29) is 0 Å². The van der Waals surface area contributed by atoms with Gasteiger partial charge < -0.3 is 14.8 Å². The fourth-order valence-corrected chi connectivity index (χ4v) is 4.33. The summed E-state index contributed by atoms with van der Waals surface area (Å²) in [7, 11) is 1.71. The summed E-state index contributed by atoms with van der Waals surface area (Å²) in [5, 5.41) is 3.75. The Morgan fingerprint density at radius 2 is 1.94 bits per heavy atom. The Morgan fingerprint density at radius 3 is 2.56 bits per heavy atom. The molecule has 0 aliphatic heterocycles. The van der Waals surface area contributed by atoms with Crippen LogP contribution in [0, 0.1) is 16.7 Å². The Kier molecular flexibility index (Phi) is 4.35. The van der Waals surface area contributed by atoms with Gasteiger partial charge in [0.2, 0.25) is 0 Å². The van der Waals surface area contributed by atoms with Gasteiger partial charge in [0, 0.05) is 19.7 Å². The lowest BCUT2D eigenvalue weighted by atomic mass is 9.68. The largest absolute Gasteiger partial charge is 0.382 e. The zero-order valence-corrected chi connectivity index (χ0v) is 12.4. The van der Waals surface area contributed by atoms with Crippen molar-refractivity contribution >= 4 is 0 Å². The molecule has 2 rings (SSSR count). The van der Waals surface area contributed by atoms with Gasteiger partial charge in [-0.2, -0.15) is 0 Å². The van der Waals surface area contributed by atoms with Crippen molar-refractivity contribution in [3.63, 3.8) is 0 Å². The molecule has 0 spiro atoms. The van der Waals surface area contributed by atoms with Crippen molar-refractivity contribution in [1.82, 2.24) is 5.32 Å². The SMILES string of the molecule is COCCOCCNC1C2(C)CCC(C2)C1(C)C. The van der Waals surface area contributed by atoms with Crippen LogP contribution < -0.4 is 5.32 Å². The summed E-state index contributed by atoms with van der Waals surface area (Å²) in [6, 6.07) is 0.648. The third kappa shape index (κ3) is 2.59. The molecule has 3 unspecified atom stereocenters. The van der Waals surface area contributed by atoms with Crippen LogP contribution in [0.3, 0.4) is 0 Å². The number of ether oxygens (including phenoxy) is 2. The third-order valence-corrected chi connectivity index (χ3v) is 5.30. The zero-order chi connectivity index (χ0) is 13.2. The number of rotatable bonds is 7. The lowest BCUT2D eigenvalue weighted by molar-refractivity contribution is 0.0595. The molecule has 3 atom stereocenters. The quantitative estimate of drug-likeness (QED) is 0.709. The van der Waals surface area contributed by atoms with Gasteiger partial charge in [0.15, 0.2) is 0 Å². The van der Waals surface area contributed by atoms with E-state index in [4.69, 9.17) is 9.47 Å². The first kappa shape index (κ1) is 14.3. The van der Waals surface area contributed by atoms with Gasteiger partial charge in [0.1, 0.15) is 0 Å². The van der Waals surface area contributed by atoms with Crippen LogP contribution in [0.5, 0.6) is 0 Å². The number of hydrogen-bond acceptors (Lipinski definition) is 3. The standard InChI is InChI=1S/C15H29NO2/c1-14(2)12-5-6-15(3,11-12)13(14)16-7-8-18-10-9-17-4/h12-13,16H,5-11H2,1-4H3. The minimum atomic E-state index is 0.444. The topological polar surface area (TPSA) is 30.5 Å². The molecule has 0 radical (unpaired) electrons. The predicted molar refractivity (Wildman–Crippen MR) is 73.7 cm³/mol. The molecule has 18 heavy (non-hydrogen) atoms. The van der Waals surface area contributed by atoms with Gasteiger partial charge in [-0.15, -0.1) is 0 Å². The Morgan fingerprint density at radius 1 is 1.17 bits per heavy atom. The third-order valence-electron chi connectivity index (χ3n) is 5.30. The van der Waals surface area contributed by atoms with E-state index in [1.807, 2.05) is 0 Å². The van der Waals surface area contributed by atoms with Crippen molar-refractivity contribution in [2.45, 2.75) is 46.1 Å². The van der Waals surface area contributed by atoms with E-state index in [0.717, 1.165) is 19.1 Å². The van der Waals surface area contributed by atoms with Crippen LogP contribution in [0.4, 0.5) is 0 Å².